The predicted octanol–water partition coefficient (Wildman–Crippen LogP) is 3.37. The molecule has 194 valence electrons. The van der Waals surface area contributed by atoms with Crippen molar-refractivity contribution in [1.29, 1.82) is 0 Å². The van der Waals surface area contributed by atoms with Crippen LogP contribution in [0, 0.1) is 6.92 Å². The Morgan fingerprint density at radius 1 is 0.973 bits per heavy atom. The minimum Gasteiger partial charge on any atom is -0.491 e. The van der Waals surface area contributed by atoms with Gasteiger partial charge in [-0.1, -0.05) is 0 Å². The molecule has 0 radical (unpaired) electrons. The van der Waals surface area contributed by atoms with Crippen molar-refractivity contribution < 1.29 is 47.1 Å². The maximum Gasteiger partial charge on any atom is 0.371 e. The van der Waals surface area contributed by atoms with Crippen LogP contribution >= 0.6 is 12.1 Å². The number of carbonyl (C=O) groups is 2. The van der Waals surface area contributed by atoms with Gasteiger partial charge in [0.25, 0.3) is 0 Å². The van der Waals surface area contributed by atoms with Crippen molar-refractivity contribution in [2.24, 2.45) is 0 Å². The monoisotopic (exact) mass is 534 g/mol. The maximum atomic E-state index is 13.3. The summed E-state index contributed by atoms with van der Waals surface area (Å²) in [5.41, 5.74) is -1.39. The van der Waals surface area contributed by atoms with Crippen LogP contribution in [0.15, 0.2) is 72.0 Å². The first kappa shape index (κ1) is 27.2. The van der Waals surface area contributed by atoms with Gasteiger partial charge >= 0.3 is 11.9 Å². The van der Waals surface area contributed by atoms with Crippen molar-refractivity contribution in [1.82, 2.24) is 0 Å². The molecular weight excluding hydrogens is 515 g/mol. The van der Waals surface area contributed by atoms with Crippen LogP contribution in [0.4, 0.5) is 3.89 Å². The highest BCUT2D eigenvalue weighted by molar-refractivity contribution is 7.94. The summed E-state index contributed by atoms with van der Waals surface area (Å²) in [4.78, 5) is 46.8. The van der Waals surface area contributed by atoms with E-state index in [1.165, 1.54) is 31.2 Å². The minimum atomic E-state index is -1.51. The summed E-state index contributed by atoms with van der Waals surface area (Å²) in [6, 6.07) is 7.95. The number of halogens is 1. The number of hydrogen-bond donors (Lipinski definition) is 3. The number of fused-ring (bicyclic) bond motifs is 1. The van der Waals surface area contributed by atoms with Crippen molar-refractivity contribution in [3.8, 4) is 11.5 Å². The average molecular weight is 534 g/mol. The van der Waals surface area contributed by atoms with Gasteiger partial charge in [-0.25, -0.2) is 9.59 Å². The van der Waals surface area contributed by atoms with Gasteiger partial charge in [0.1, 0.15) is 36.4 Å². The lowest BCUT2D eigenvalue weighted by Gasteiger charge is -2.14. The molecule has 1 aromatic carbocycles. The van der Waals surface area contributed by atoms with E-state index in [1.54, 1.807) is 0 Å². The van der Waals surface area contributed by atoms with E-state index in [4.69, 9.17) is 28.5 Å². The maximum absolute atomic E-state index is 13.3. The Balaban J connectivity index is 1.77. The quantitative estimate of drug-likeness (QED) is 0.366. The van der Waals surface area contributed by atoms with E-state index in [0.29, 0.717) is 0 Å². The summed E-state index contributed by atoms with van der Waals surface area (Å²) in [5.74, 6) is -4.02. The fraction of sp³-hybridized carbons (Fsp3) is 0.167. The second-order valence-electron chi connectivity index (χ2n) is 7.43. The first-order valence-electron chi connectivity index (χ1n) is 10.4. The number of carboxylic acids is 2. The molecule has 0 aliphatic rings. The third-order valence-corrected chi connectivity index (χ3v) is 5.22. The zero-order valence-electron chi connectivity index (χ0n) is 19.0. The van der Waals surface area contributed by atoms with E-state index >= 15 is 0 Å². The first-order valence-corrected chi connectivity index (χ1v) is 11.1. The van der Waals surface area contributed by atoms with Crippen LogP contribution in [0.5, 0.6) is 11.5 Å². The third kappa shape index (κ3) is 7.08. The van der Waals surface area contributed by atoms with Crippen LogP contribution < -0.4 is 20.3 Å². The molecule has 3 rings (SSSR count). The van der Waals surface area contributed by atoms with Gasteiger partial charge in [-0.15, -0.1) is 0 Å². The Morgan fingerprint density at radius 3 is 2.32 bits per heavy atom. The molecule has 0 bridgehead atoms. The highest BCUT2D eigenvalue weighted by Gasteiger charge is 2.14. The molecule has 1 atom stereocenters. The average Bonchev–Trinajstić information content (AvgIpc) is 2.87. The van der Waals surface area contributed by atoms with Gasteiger partial charge in [0.2, 0.25) is 11.5 Å². The molecule has 0 aliphatic heterocycles. The van der Waals surface area contributed by atoms with Gasteiger partial charge in [0.05, 0.1) is 23.8 Å². The normalized spacial score (nSPS) is 11.4. The highest BCUT2D eigenvalue weighted by Crippen LogP contribution is 2.23. The molecular formula is C24H19FO11S. The van der Waals surface area contributed by atoms with E-state index in [2.05, 4.69) is 0 Å². The Labute approximate surface area is 211 Å². The number of aliphatic hydroxyl groups excluding tert-OH is 1. The van der Waals surface area contributed by atoms with Gasteiger partial charge in [-0.05, 0) is 37.3 Å². The molecule has 2 heterocycles. The fourth-order valence-corrected chi connectivity index (χ4v) is 3.17. The Bertz CT molecular complexity index is 1510. The molecule has 0 aliphatic carbocycles. The number of aromatic carboxylic acids is 2. The van der Waals surface area contributed by atoms with Crippen LogP contribution in [0.2, 0.25) is 0 Å². The van der Waals surface area contributed by atoms with Gasteiger partial charge in [-0.2, -0.15) is 3.89 Å². The third-order valence-electron chi connectivity index (χ3n) is 4.78. The van der Waals surface area contributed by atoms with E-state index in [0.717, 1.165) is 24.5 Å². The smallest absolute Gasteiger partial charge is 0.371 e. The summed E-state index contributed by atoms with van der Waals surface area (Å²) < 4.78 is 34.3. The van der Waals surface area contributed by atoms with Crippen LogP contribution in [0.1, 0.15) is 26.7 Å². The summed E-state index contributed by atoms with van der Waals surface area (Å²) in [5, 5.41) is 28.5. The van der Waals surface area contributed by atoms with Crippen LogP contribution in [-0.2, 0) is 0 Å². The van der Waals surface area contributed by atoms with E-state index in [1.807, 2.05) is 0 Å². The standard InChI is InChI=1S/C24H19FO11S/c1-12-17(27)8-21(23(29)30)33-5-4-15(37-25)7-20(12)35-11-13(26)10-34-14-2-3-19-16(6-14)18(28)9-22(36-19)24(31)32/h2-9,13,26H,10-11H2,1H3,(H,29,30)(H,31,32). The highest BCUT2D eigenvalue weighted by atomic mass is 32.2. The SMILES string of the molecule is Cc1c(OCC(O)COc2ccc3oc(C(=O)O)cc(=O)c3c2)cc(SF)ccoc(C(=O)O)cc1=O. The zero-order valence-corrected chi connectivity index (χ0v) is 19.8. The molecule has 11 nitrogen and oxygen atoms in total. The van der Waals surface area contributed by atoms with Gasteiger partial charge in [0.15, 0.2) is 10.9 Å². The van der Waals surface area contributed by atoms with Crippen LogP contribution in [0.3, 0.4) is 0 Å². The minimum absolute atomic E-state index is 0.0390. The van der Waals surface area contributed by atoms with Gasteiger partial charge < -0.3 is 33.6 Å². The molecule has 0 saturated carbocycles. The number of aliphatic hydroxyl groups is 1. The lowest BCUT2D eigenvalue weighted by Crippen LogP contribution is -2.25. The van der Waals surface area contributed by atoms with E-state index in [9.17, 15) is 28.2 Å². The van der Waals surface area contributed by atoms with Crippen molar-refractivity contribution in [3.63, 3.8) is 0 Å². The first-order chi connectivity index (χ1) is 17.6. The molecule has 3 N–H and O–H groups in total. The molecule has 0 spiro atoms. The van der Waals surface area contributed by atoms with Crippen molar-refractivity contribution in [2.45, 2.75) is 17.9 Å². The predicted molar refractivity (Wildman–Crippen MR) is 128 cm³/mol. The summed E-state index contributed by atoms with van der Waals surface area (Å²) in [6.07, 6.45) is -0.342. The van der Waals surface area contributed by atoms with E-state index in [-0.39, 0.29) is 51.7 Å². The van der Waals surface area contributed by atoms with Gasteiger partial charge in [0, 0.05) is 22.6 Å². The van der Waals surface area contributed by atoms with Gasteiger partial charge in [-0.3, -0.25) is 9.59 Å². The number of benzene rings is 1. The molecule has 0 amide bonds. The number of rotatable bonds is 9. The Hall–Kier alpha value is -4.36. The summed E-state index contributed by atoms with van der Waals surface area (Å²) in [6.45, 7) is 0.624. The largest absolute Gasteiger partial charge is 0.491 e. The van der Waals surface area contributed by atoms with Crippen LogP contribution in [0.25, 0.3) is 11.0 Å². The lowest BCUT2D eigenvalue weighted by atomic mass is 10.2. The molecule has 3 aromatic rings. The Kier molecular flexibility index (Phi) is 8.87. The van der Waals surface area contributed by atoms with Crippen molar-refractivity contribution >= 4 is 35.1 Å². The number of ether oxygens (including phenoxy) is 2. The molecule has 13 heteroatoms. The van der Waals surface area contributed by atoms with Crippen molar-refractivity contribution in [3.05, 3.63) is 86.3 Å². The molecule has 37 heavy (non-hydrogen) atoms. The molecule has 2 aromatic heterocycles. The lowest BCUT2D eigenvalue weighted by molar-refractivity contribution is 0.0623. The number of carboxylic acid groups (broad SMARTS) is 2. The van der Waals surface area contributed by atoms with Crippen molar-refractivity contribution in [2.75, 3.05) is 13.2 Å². The summed E-state index contributed by atoms with van der Waals surface area (Å²) in [7, 11) is 0. The summed E-state index contributed by atoms with van der Waals surface area (Å²) >= 11 is -0.204. The topological polar surface area (TPSA) is 174 Å². The van der Waals surface area contributed by atoms with Crippen LogP contribution in [-0.4, -0.2) is 46.6 Å². The van der Waals surface area contributed by atoms with E-state index < -0.39 is 47.0 Å². The Morgan fingerprint density at radius 2 is 1.65 bits per heavy atom. The number of hydrogen-bond acceptors (Lipinski definition) is 10. The fourth-order valence-electron chi connectivity index (χ4n) is 2.91. The second kappa shape index (κ2) is 12.1. The molecule has 1 unspecified atom stereocenters. The zero-order chi connectivity index (χ0) is 27.1. The molecule has 0 saturated heterocycles. The second-order valence-corrected chi connectivity index (χ2v) is 8.05. The molecule has 0 fully saturated rings.